The Morgan fingerprint density at radius 1 is 1.42 bits per heavy atom. The molecule has 1 aromatic rings. The molecule has 19 heavy (non-hydrogen) atoms. The smallest absolute Gasteiger partial charge is 0.271 e. The molecule has 0 bridgehead atoms. The number of carbonyl (C=O) groups excluding carboxylic acids is 1. The summed E-state index contributed by atoms with van der Waals surface area (Å²) in [5, 5.41) is 6.77. The van der Waals surface area contributed by atoms with Gasteiger partial charge in [-0.15, -0.1) is 0 Å². The third-order valence-corrected chi connectivity index (χ3v) is 3.74. The van der Waals surface area contributed by atoms with Gasteiger partial charge in [0.1, 0.15) is 5.69 Å². The highest BCUT2D eigenvalue weighted by atomic mass is 16.2. The first-order valence-electron chi connectivity index (χ1n) is 6.99. The van der Waals surface area contributed by atoms with Crippen LogP contribution in [0.15, 0.2) is 16.9 Å². The summed E-state index contributed by atoms with van der Waals surface area (Å²) in [5.41, 5.74) is 0.0840. The first-order chi connectivity index (χ1) is 9.16. The number of rotatable bonds is 5. The van der Waals surface area contributed by atoms with E-state index in [4.69, 9.17) is 0 Å². The van der Waals surface area contributed by atoms with E-state index in [-0.39, 0.29) is 11.5 Å². The highest BCUT2D eigenvalue weighted by Crippen LogP contribution is 2.28. The van der Waals surface area contributed by atoms with Crippen molar-refractivity contribution >= 4 is 5.91 Å². The van der Waals surface area contributed by atoms with Crippen LogP contribution in [-0.2, 0) is 7.05 Å². The summed E-state index contributed by atoms with van der Waals surface area (Å²) < 4.78 is 1.17. The SMILES string of the molecule is Cn1nc(C(=O)NCCCC2CCCC2)ccc1=O. The minimum atomic E-state index is -0.210. The molecule has 5 heteroatoms. The van der Waals surface area contributed by atoms with Crippen LogP contribution in [0.5, 0.6) is 0 Å². The zero-order valence-corrected chi connectivity index (χ0v) is 11.4. The molecule has 2 rings (SSSR count). The van der Waals surface area contributed by atoms with Gasteiger partial charge in [0, 0.05) is 19.7 Å². The third-order valence-electron chi connectivity index (χ3n) is 3.74. The molecular formula is C14H21N3O2. The molecule has 0 spiro atoms. The van der Waals surface area contributed by atoms with Gasteiger partial charge in [0.05, 0.1) is 0 Å². The van der Waals surface area contributed by atoms with E-state index < -0.39 is 0 Å². The van der Waals surface area contributed by atoms with Crippen molar-refractivity contribution in [3.8, 4) is 0 Å². The van der Waals surface area contributed by atoms with Crippen molar-refractivity contribution in [2.45, 2.75) is 38.5 Å². The molecule has 1 N–H and O–H groups in total. The number of hydrogen-bond donors (Lipinski definition) is 1. The van der Waals surface area contributed by atoms with E-state index in [9.17, 15) is 9.59 Å². The molecular weight excluding hydrogens is 242 g/mol. The van der Waals surface area contributed by atoms with Gasteiger partial charge < -0.3 is 5.32 Å². The number of amides is 1. The fourth-order valence-corrected chi connectivity index (χ4v) is 2.61. The van der Waals surface area contributed by atoms with Gasteiger partial charge in [0.15, 0.2) is 0 Å². The Balaban J connectivity index is 1.74. The Labute approximate surface area is 113 Å². The largest absolute Gasteiger partial charge is 0.351 e. The lowest BCUT2D eigenvalue weighted by Gasteiger charge is -2.09. The molecule has 1 saturated carbocycles. The normalized spacial score (nSPS) is 15.6. The summed E-state index contributed by atoms with van der Waals surface area (Å²) in [7, 11) is 1.54. The highest BCUT2D eigenvalue weighted by molar-refractivity contribution is 5.91. The fourth-order valence-electron chi connectivity index (χ4n) is 2.61. The monoisotopic (exact) mass is 263 g/mol. The Hall–Kier alpha value is -1.65. The summed E-state index contributed by atoms with van der Waals surface area (Å²) >= 11 is 0. The van der Waals surface area contributed by atoms with Crippen molar-refractivity contribution in [2.75, 3.05) is 6.54 Å². The maximum Gasteiger partial charge on any atom is 0.271 e. The molecule has 0 radical (unpaired) electrons. The van der Waals surface area contributed by atoms with Gasteiger partial charge in [-0.1, -0.05) is 25.7 Å². The molecule has 1 aliphatic carbocycles. The first-order valence-corrected chi connectivity index (χ1v) is 6.99. The quantitative estimate of drug-likeness (QED) is 0.818. The second-order valence-electron chi connectivity index (χ2n) is 5.23. The number of aryl methyl sites for hydroxylation is 1. The zero-order valence-electron chi connectivity index (χ0n) is 11.4. The summed E-state index contributed by atoms with van der Waals surface area (Å²) in [5.74, 6) is 0.648. The van der Waals surface area contributed by atoms with Crippen molar-refractivity contribution in [3.63, 3.8) is 0 Å². The number of aromatic nitrogens is 2. The molecule has 1 heterocycles. The molecule has 104 valence electrons. The topological polar surface area (TPSA) is 64.0 Å². The summed E-state index contributed by atoms with van der Waals surface area (Å²) in [4.78, 5) is 23.0. The van der Waals surface area contributed by atoms with Crippen LogP contribution in [-0.4, -0.2) is 22.2 Å². The van der Waals surface area contributed by atoms with Crippen LogP contribution in [0.25, 0.3) is 0 Å². The average molecular weight is 263 g/mol. The zero-order chi connectivity index (χ0) is 13.7. The van der Waals surface area contributed by atoms with Gasteiger partial charge in [-0.3, -0.25) is 9.59 Å². The van der Waals surface area contributed by atoms with Crippen LogP contribution >= 0.6 is 0 Å². The van der Waals surface area contributed by atoms with E-state index in [2.05, 4.69) is 10.4 Å². The number of carbonyl (C=O) groups is 1. The number of nitrogens with zero attached hydrogens (tertiary/aromatic N) is 2. The van der Waals surface area contributed by atoms with Crippen LogP contribution < -0.4 is 10.9 Å². The van der Waals surface area contributed by atoms with E-state index in [0.717, 1.165) is 12.3 Å². The molecule has 1 aromatic heterocycles. The second-order valence-corrected chi connectivity index (χ2v) is 5.23. The van der Waals surface area contributed by atoms with Crippen LogP contribution in [0, 0.1) is 5.92 Å². The van der Waals surface area contributed by atoms with E-state index in [1.165, 1.54) is 48.9 Å². The van der Waals surface area contributed by atoms with Gasteiger partial charge in [-0.25, -0.2) is 4.68 Å². The lowest BCUT2D eigenvalue weighted by atomic mass is 10.0. The second kappa shape index (κ2) is 6.50. The fraction of sp³-hybridized carbons (Fsp3) is 0.643. The number of hydrogen-bond acceptors (Lipinski definition) is 3. The lowest BCUT2D eigenvalue weighted by Crippen LogP contribution is -2.29. The van der Waals surface area contributed by atoms with Crippen molar-refractivity contribution in [1.82, 2.24) is 15.1 Å². The summed E-state index contributed by atoms with van der Waals surface area (Å²) in [6, 6.07) is 2.83. The molecule has 0 aromatic carbocycles. The minimum Gasteiger partial charge on any atom is -0.351 e. The van der Waals surface area contributed by atoms with Crippen molar-refractivity contribution in [3.05, 3.63) is 28.2 Å². The Kier molecular flexibility index (Phi) is 4.71. The van der Waals surface area contributed by atoms with Gasteiger partial charge in [0.2, 0.25) is 0 Å². The molecule has 0 atom stereocenters. The standard InChI is InChI=1S/C14H21N3O2/c1-17-13(18)9-8-12(16-17)14(19)15-10-4-7-11-5-2-3-6-11/h8-9,11H,2-7,10H2,1H3,(H,15,19). The summed E-state index contributed by atoms with van der Waals surface area (Å²) in [6.07, 6.45) is 7.62. The first kappa shape index (κ1) is 13.8. The van der Waals surface area contributed by atoms with Gasteiger partial charge in [-0.05, 0) is 24.8 Å². The van der Waals surface area contributed by atoms with E-state index in [1.54, 1.807) is 7.05 Å². The summed E-state index contributed by atoms with van der Waals surface area (Å²) in [6.45, 7) is 0.680. The van der Waals surface area contributed by atoms with Crippen molar-refractivity contribution in [2.24, 2.45) is 13.0 Å². The molecule has 1 amide bonds. The Morgan fingerprint density at radius 2 is 2.16 bits per heavy atom. The maximum absolute atomic E-state index is 11.8. The van der Waals surface area contributed by atoms with Crippen LogP contribution in [0.4, 0.5) is 0 Å². The van der Waals surface area contributed by atoms with E-state index >= 15 is 0 Å². The van der Waals surface area contributed by atoms with Gasteiger partial charge in [-0.2, -0.15) is 5.10 Å². The maximum atomic E-state index is 11.8. The number of nitrogens with one attached hydrogen (secondary N) is 1. The Morgan fingerprint density at radius 3 is 2.84 bits per heavy atom. The molecule has 0 unspecified atom stereocenters. The average Bonchev–Trinajstić information content (AvgIpc) is 2.91. The van der Waals surface area contributed by atoms with Crippen LogP contribution in [0.1, 0.15) is 49.0 Å². The predicted octanol–water partition coefficient (Wildman–Crippen LogP) is 1.48. The molecule has 0 saturated heterocycles. The molecule has 1 aliphatic rings. The van der Waals surface area contributed by atoms with Crippen LogP contribution in [0.3, 0.4) is 0 Å². The molecule has 1 fully saturated rings. The van der Waals surface area contributed by atoms with Gasteiger partial charge in [0.25, 0.3) is 11.5 Å². The minimum absolute atomic E-state index is 0.206. The highest BCUT2D eigenvalue weighted by Gasteiger charge is 2.14. The molecule has 5 nitrogen and oxygen atoms in total. The van der Waals surface area contributed by atoms with Crippen molar-refractivity contribution < 1.29 is 4.79 Å². The van der Waals surface area contributed by atoms with E-state index in [1.807, 2.05) is 0 Å². The third kappa shape index (κ3) is 3.91. The van der Waals surface area contributed by atoms with Crippen LogP contribution in [0.2, 0.25) is 0 Å². The Bertz CT molecular complexity index is 490. The van der Waals surface area contributed by atoms with Gasteiger partial charge >= 0.3 is 0 Å². The predicted molar refractivity (Wildman–Crippen MR) is 73.0 cm³/mol. The lowest BCUT2D eigenvalue weighted by molar-refractivity contribution is 0.0945. The van der Waals surface area contributed by atoms with Crippen molar-refractivity contribution in [1.29, 1.82) is 0 Å². The van der Waals surface area contributed by atoms with E-state index in [0.29, 0.717) is 12.2 Å². The molecule has 0 aliphatic heterocycles.